The van der Waals surface area contributed by atoms with Crippen molar-refractivity contribution in [1.82, 2.24) is 0 Å². The molecule has 19 heavy (non-hydrogen) atoms. The third-order valence-electron chi connectivity index (χ3n) is 3.86. The Kier molecular flexibility index (Phi) is 2.52. The number of anilines is 2. The van der Waals surface area contributed by atoms with Crippen LogP contribution in [-0.2, 0) is 11.0 Å². The van der Waals surface area contributed by atoms with E-state index in [-0.39, 0.29) is 23.6 Å². The molecule has 2 atom stereocenters. The summed E-state index contributed by atoms with van der Waals surface area (Å²) in [5.74, 6) is 0.00673. The molecule has 1 aromatic rings. The highest BCUT2D eigenvalue weighted by Gasteiger charge is 2.42. The van der Waals surface area contributed by atoms with Crippen LogP contribution in [0.3, 0.4) is 0 Å². The van der Waals surface area contributed by atoms with Gasteiger partial charge in [-0.2, -0.15) is 13.2 Å². The third kappa shape index (κ3) is 1.86. The van der Waals surface area contributed by atoms with Gasteiger partial charge in [0.1, 0.15) is 6.04 Å². The van der Waals surface area contributed by atoms with Gasteiger partial charge in [0.2, 0.25) is 5.91 Å². The van der Waals surface area contributed by atoms with Crippen molar-refractivity contribution < 1.29 is 18.0 Å². The van der Waals surface area contributed by atoms with Gasteiger partial charge in [0.15, 0.2) is 0 Å². The van der Waals surface area contributed by atoms with Gasteiger partial charge in [0.25, 0.3) is 0 Å². The molecule has 0 aromatic heterocycles. The van der Waals surface area contributed by atoms with Gasteiger partial charge in [-0.1, -0.05) is 6.92 Å². The molecule has 1 aromatic carbocycles. The predicted molar refractivity (Wildman–Crippen MR) is 65.0 cm³/mol. The van der Waals surface area contributed by atoms with Crippen molar-refractivity contribution in [1.29, 1.82) is 0 Å². The largest absolute Gasteiger partial charge is 0.416 e. The molecule has 2 heterocycles. The van der Waals surface area contributed by atoms with Crippen molar-refractivity contribution >= 4 is 17.3 Å². The zero-order valence-corrected chi connectivity index (χ0v) is 10.3. The Hall–Kier alpha value is -1.72. The minimum atomic E-state index is -4.39. The monoisotopic (exact) mass is 270 g/mol. The lowest BCUT2D eigenvalue weighted by Crippen LogP contribution is -2.46. The molecule has 0 radical (unpaired) electrons. The number of benzene rings is 1. The van der Waals surface area contributed by atoms with Crippen LogP contribution in [-0.4, -0.2) is 18.5 Å². The zero-order valence-electron chi connectivity index (χ0n) is 10.3. The van der Waals surface area contributed by atoms with E-state index in [0.717, 1.165) is 18.6 Å². The lowest BCUT2D eigenvalue weighted by atomic mass is 9.99. The molecular formula is C13H13F3N2O. The summed E-state index contributed by atoms with van der Waals surface area (Å²) in [6, 6.07) is 3.26. The standard InChI is InChI=1S/C13H13F3N2O/c1-7-4-5-18-10-3-2-8(13(14,15)16)6-9(10)17-12(19)11(7)18/h2-3,6-7,11H,4-5H2,1H3,(H,17,19). The number of rotatable bonds is 0. The lowest BCUT2D eigenvalue weighted by molar-refractivity contribution is -0.137. The maximum Gasteiger partial charge on any atom is 0.416 e. The van der Waals surface area contributed by atoms with E-state index in [9.17, 15) is 18.0 Å². The van der Waals surface area contributed by atoms with Crippen molar-refractivity contribution in [3.63, 3.8) is 0 Å². The molecule has 3 rings (SSSR count). The van der Waals surface area contributed by atoms with E-state index in [4.69, 9.17) is 0 Å². The summed E-state index contributed by atoms with van der Waals surface area (Å²) < 4.78 is 38.0. The van der Waals surface area contributed by atoms with Gasteiger partial charge in [0.05, 0.1) is 16.9 Å². The van der Waals surface area contributed by atoms with E-state index in [1.165, 1.54) is 6.07 Å². The van der Waals surface area contributed by atoms with Gasteiger partial charge >= 0.3 is 6.18 Å². The Labute approximate surface area is 108 Å². The molecule has 0 bridgehead atoms. The summed E-state index contributed by atoms with van der Waals surface area (Å²) in [4.78, 5) is 13.9. The summed E-state index contributed by atoms with van der Waals surface area (Å²) in [7, 11) is 0. The minimum Gasteiger partial charge on any atom is -0.358 e. The fourth-order valence-electron chi connectivity index (χ4n) is 2.89. The maximum absolute atomic E-state index is 12.7. The number of hydrogen-bond donors (Lipinski definition) is 1. The number of amides is 1. The first kappa shape index (κ1) is 12.3. The van der Waals surface area contributed by atoms with Crippen LogP contribution in [0.1, 0.15) is 18.9 Å². The second-order valence-electron chi connectivity index (χ2n) is 5.12. The van der Waals surface area contributed by atoms with Gasteiger partial charge in [-0.05, 0) is 30.5 Å². The van der Waals surface area contributed by atoms with Gasteiger partial charge in [0, 0.05) is 6.54 Å². The fraction of sp³-hybridized carbons (Fsp3) is 0.462. The molecule has 2 aliphatic heterocycles. The summed E-state index contributed by atoms with van der Waals surface area (Å²) in [5.41, 5.74) is 0.198. The number of carbonyl (C=O) groups excluding carboxylic acids is 1. The number of hydrogen-bond acceptors (Lipinski definition) is 2. The summed E-state index contributed by atoms with van der Waals surface area (Å²) in [6.45, 7) is 2.69. The molecule has 1 amide bonds. The second kappa shape index (κ2) is 3.88. The van der Waals surface area contributed by atoms with Crippen molar-refractivity contribution in [3.8, 4) is 0 Å². The quantitative estimate of drug-likeness (QED) is 0.786. The van der Waals surface area contributed by atoms with Crippen molar-refractivity contribution in [3.05, 3.63) is 23.8 Å². The van der Waals surface area contributed by atoms with Crippen LogP contribution >= 0.6 is 0 Å². The van der Waals surface area contributed by atoms with Gasteiger partial charge in [-0.25, -0.2) is 0 Å². The summed E-state index contributed by atoms with van der Waals surface area (Å²) >= 11 is 0. The topological polar surface area (TPSA) is 32.3 Å². The molecule has 2 unspecified atom stereocenters. The van der Waals surface area contributed by atoms with Crippen LogP contribution < -0.4 is 10.2 Å². The summed E-state index contributed by atoms with van der Waals surface area (Å²) in [6.07, 6.45) is -3.52. The van der Waals surface area contributed by atoms with E-state index >= 15 is 0 Å². The number of carbonyl (C=O) groups is 1. The highest BCUT2D eigenvalue weighted by atomic mass is 19.4. The van der Waals surface area contributed by atoms with Crippen LogP contribution in [0, 0.1) is 5.92 Å². The zero-order chi connectivity index (χ0) is 13.8. The molecule has 1 N–H and O–H groups in total. The average molecular weight is 270 g/mol. The van der Waals surface area contributed by atoms with Gasteiger partial charge in [-0.15, -0.1) is 0 Å². The number of fused-ring (bicyclic) bond motifs is 3. The van der Waals surface area contributed by atoms with Crippen LogP contribution in [0.2, 0.25) is 0 Å². The van der Waals surface area contributed by atoms with E-state index in [1.54, 1.807) is 0 Å². The first-order valence-corrected chi connectivity index (χ1v) is 6.16. The van der Waals surface area contributed by atoms with Crippen molar-refractivity contribution in [2.45, 2.75) is 25.6 Å². The minimum absolute atomic E-state index is 0.211. The molecule has 6 heteroatoms. The third-order valence-corrected chi connectivity index (χ3v) is 3.86. The van der Waals surface area contributed by atoms with Crippen LogP contribution in [0.4, 0.5) is 24.5 Å². The first-order valence-electron chi connectivity index (χ1n) is 6.16. The summed E-state index contributed by atoms with van der Waals surface area (Å²) in [5, 5.41) is 2.59. The Morgan fingerprint density at radius 2 is 2.11 bits per heavy atom. The lowest BCUT2D eigenvalue weighted by Gasteiger charge is -2.34. The average Bonchev–Trinajstić information content (AvgIpc) is 2.70. The molecule has 0 spiro atoms. The van der Waals surface area contributed by atoms with E-state index in [1.807, 2.05) is 11.8 Å². The molecule has 0 saturated carbocycles. The number of alkyl halides is 3. The van der Waals surface area contributed by atoms with Gasteiger partial charge < -0.3 is 10.2 Å². The Balaban J connectivity index is 2.05. The molecule has 3 nitrogen and oxygen atoms in total. The van der Waals surface area contributed by atoms with Crippen LogP contribution in [0.25, 0.3) is 0 Å². The Morgan fingerprint density at radius 1 is 1.37 bits per heavy atom. The van der Waals surface area contributed by atoms with E-state index in [0.29, 0.717) is 12.2 Å². The van der Waals surface area contributed by atoms with Crippen LogP contribution in [0.5, 0.6) is 0 Å². The fourth-order valence-corrected chi connectivity index (χ4v) is 2.89. The SMILES string of the molecule is CC1CCN2c3ccc(C(F)(F)F)cc3NC(=O)C12. The maximum atomic E-state index is 12.7. The highest BCUT2D eigenvalue weighted by molar-refractivity contribution is 6.04. The molecule has 102 valence electrons. The first-order chi connectivity index (χ1) is 8.88. The number of nitrogens with zero attached hydrogens (tertiary/aromatic N) is 1. The second-order valence-corrected chi connectivity index (χ2v) is 5.12. The van der Waals surface area contributed by atoms with Crippen molar-refractivity contribution in [2.24, 2.45) is 5.92 Å². The molecular weight excluding hydrogens is 257 g/mol. The van der Waals surface area contributed by atoms with E-state index in [2.05, 4.69) is 5.32 Å². The highest BCUT2D eigenvalue weighted by Crippen LogP contribution is 2.41. The molecule has 1 fully saturated rings. The smallest absolute Gasteiger partial charge is 0.358 e. The van der Waals surface area contributed by atoms with Crippen molar-refractivity contribution in [2.75, 3.05) is 16.8 Å². The Morgan fingerprint density at radius 3 is 2.79 bits per heavy atom. The number of halogens is 3. The normalized spacial score (nSPS) is 25.9. The number of nitrogens with one attached hydrogen (secondary N) is 1. The molecule has 1 saturated heterocycles. The predicted octanol–water partition coefficient (Wildman–Crippen LogP) is 2.87. The molecule has 2 aliphatic rings. The molecule has 0 aliphatic carbocycles. The van der Waals surface area contributed by atoms with Crippen LogP contribution in [0.15, 0.2) is 18.2 Å². The Bertz CT molecular complexity index is 541. The van der Waals surface area contributed by atoms with Gasteiger partial charge in [-0.3, -0.25) is 4.79 Å². The van der Waals surface area contributed by atoms with E-state index < -0.39 is 11.7 Å².